The Labute approximate surface area is 126 Å². The van der Waals surface area contributed by atoms with E-state index in [1.807, 2.05) is 11.3 Å². The number of nitrogens with one attached hydrogen (secondary N) is 1. The molecule has 20 heavy (non-hydrogen) atoms. The standard InChI is InChI=1S/C18H23NS/c1-14(13-16-9-6-12-20-16)19-18-11-5-3-8-15-7-2-4-10-17(15)18/h2,4,6-7,9-10,12,14,18-19H,3,5,8,11,13H2,1H3. The second-order valence-electron chi connectivity index (χ2n) is 5.85. The van der Waals surface area contributed by atoms with Gasteiger partial charge in [0.25, 0.3) is 0 Å². The molecule has 2 atom stereocenters. The number of aryl methyl sites for hydroxylation is 1. The Bertz CT molecular complexity index is 532. The molecule has 0 bridgehead atoms. The molecule has 2 aromatic rings. The summed E-state index contributed by atoms with van der Waals surface area (Å²) in [4.78, 5) is 1.48. The number of hydrogen-bond acceptors (Lipinski definition) is 2. The molecular formula is C18H23NS. The van der Waals surface area contributed by atoms with Gasteiger partial charge in [-0.15, -0.1) is 11.3 Å². The first kappa shape index (κ1) is 13.8. The summed E-state index contributed by atoms with van der Waals surface area (Å²) in [5.74, 6) is 0. The predicted molar refractivity (Wildman–Crippen MR) is 87.4 cm³/mol. The van der Waals surface area contributed by atoms with Crippen molar-refractivity contribution in [3.8, 4) is 0 Å². The summed E-state index contributed by atoms with van der Waals surface area (Å²) < 4.78 is 0. The van der Waals surface area contributed by atoms with Crippen LogP contribution in [-0.4, -0.2) is 6.04 Å². The van der Waals surface area contributed by atoms with E-state index >= 15 is 0 Å². The maximum absolute atomic E-state index is 3.86. The van der Waals surface area contributed by atoms with Gasteiger partial charge in [0.05, 0.1) is 0 Å². The van der Waals surface area contributed by atoms with E-state index in [0.717, 1.165) is 6.42 Å². The van der Waals surface area contributed by atoms with Crippen molar-refractivity contribution in [2.45, 2.75) is 51.1 Å². The zero-order chi connectivity index (χ0) is 13.8. The zero-order valence-electron chi connectivity index (χ0n) is 12.1. The first-order valence-electron chi connectivity index (χ1n) is 7.69. The third-order valence-corrected chi connectivity index (χ3v) is 5.09. The van der Waals surface area contributed by atoms with Crippen LogP contribution in [0.4, 0.5) is 0 Å². The first-order chi connectivity index (χ1) is 9.83. The molecule has 1 aromatic heterocycles. The second kappa shape index (κ2) is 6.55. The minimum Gasteiger partial charge on any atom is -0.307 e. The van der Waals surface area contributed by atoms with Gasteiger partial charge in [0, 0.05) is 17.0 Å². The number of rotatable bonds is 4. The minimum atomic E-state index is 0.531. The molecule has 0 fully saturated rings. The molecule has 0 aliphatic heterocycles. The Kier molecular flexibility index (Phi) is 4.54. The van der Waals surface area contributed by atoms with Crippen molar-refractivity contribution in [1.82, 2.24) is 5.32 Å². The molecule has 1 aromatic carbocycles. The lowest BCUT2D eigenvalue weighted by atomic mass is 9.98. The topological polar surface area (TPSA) is 12.0 Å². The number of hydrogen-bond donors (Lipinski definition) is 1. The summed E-state index contributed by atoms with van der Waals surface area (Å²) in [6, 6.07) is 14.4. The van der Waals surface area contributed by atoms with Crippen LogP contribution in [0.2, 0.25) is 0 Å². The highest BCUT2D eigenvalue weighted by molar-refractivity contribution is 7.09. The highest BCUT2D eigenvalue weighted by atomic mass is 32.1. The van der Waals surface area contributed by atoms with Gasteiger partial charge in [-0.2, -0.15) is 0 Å². The van der Waals surface area contributed by atoms with E-state index in [1.54, 1.807) is 5.56 Å². The van der Waals surface area contributed by atoms with Crippen LogP contribution in [-0.2, 0) is 12.8 Å². The average molecular weight is 285 g/mol. The Morgan fingerprint density at radius 3 is 2.95 bits per heavy atom. The third-order valence-electron chi connectivity index (χ3n) is 4.19. The number of fused-ring (bicyclic) bond motifs is 1. The second-order valence-corrected chi connectivity index (χ2v) is 6.88. The fourth-order valence-electron chi connectivity index (χ4n) is 3.23. The van der Waals surface area contributed by atoms with E-state index < -0.39 is 0 Å². The molecule has 1 aliphatic rings. The normalized spacial score (nSPS) is 20.1. The molecule has 1 heterocycles. The average Bonchev–Trinajstić information content (AvgIpc) is 2.87. The van der Waals surface area contributed by atoms with Gasteiger partial charge in [-0.25, -0.2) is 0 Å². The Morgan fingerprint density at radius 2 is 2.10 bits per heavy atom. The van der Waals surface area contributed by atoms with Crippen molar-refractivity contribution in [2.24, 2.45) is 0 Å². The Balaban J connectivity index is 1.70. The van der Waals surface area contributed by atoms with Crippen LogP contribution >= 0.6 is 11.3 Å². The summed E-state index contributed by atoms with van der Waals surface area (Å²) in [5, 5.41) is 6.03. The lowest BCUT2D eigenvalue weighted by Gasteiger charge is -2.24. The first-order valence-corrected chi connectivity index (χ1v) is 8.57. The van der Waals surface area contributed by atoms with Crippen LogP contribution in [0.3, 0.4) is 0 Å². The maximum atomic E-state index is 3.86. The van der Waals surface area contributed by atoms with Crippen molar-refractivity contribution < 1.29 is 0 Å². The SMILES string of the molecule is CC(Cc1cccs1)NC1CCCCc2ccccc21. The van der Waals surface area contributed by atoms with Gasteiger partial charge < -0.3 is 5.32 Å². The summed E-state index contributed by atoms with van der Waals surface area (Å²) >= 11 is 1.86. The summed E-state index contributed by atoms with van der Waals surface area (Å²) in [5.41, 5.74) is 3.08. The monoisotopic (exact) mass is 285 g/mol. The molecule has 1 N–H and O–H groups in total. The summed E-state index contributed by atoms with van der Waals surface area (Å²) in [7, 11) is 0. The summed E-state index contributed by atoms with van der Waals surface area (Å²) in [6.07, 6.45) is 6.31. The van der Waals surface area contributed by atoms with E-state index in [0.29, 0.717) is 12.1 Å². The van der Waals surface area contributed by atoms with E-state index in [9.17, 15) is 0 Å². The molecule has 106 valence electrons. The molecule has 3 rings (SSSR count). The van der Waals surface area contributed by atoms with Gasteiger partial charge in [-0.3, -0.25) is 0 Å². The molecule has 2 unspecified atom stereocenters. The van der Waals surface area contributed by atoms with Gasteiger partial charge >= 0.3 is 0 Å². The van der Waals surface area contributed by atoms with Crippen LogP contribution in [0, 0.1) is 0 Å². The van der Waals surface area contributed by atoms with Crippen LogP contribution in [0.5, 0.6) is 0 Å². The largest absolute Gasteiger partial charge is 0.307 e. The van der Waals surface area contributed by atoms with Crippen LogP contribution in [0.15, 0.2) is 41.8 Å². The fourth-order valence-corrected chi connectivity index (χ4v) is 4.06. The minimum absolute atomic E-state index is 0.531. The number of thiophene rings is 1. The zero-order valence-corrected chi connectivity index (χ0v) is 13.0. The molecule has 0 spiro atoms. The maximum Gasteiger partial charge on any atom is 0.0325 e. The van der Waals surface area contributed by atoms with Gasteiger partial charge in [-0.05, 0) is 55.2 Å². The lowest BCUT2D eigenvalue weighted by Crippen LogP contribution is -2.32. The molecular weight excluding hydrogens is 262 g/mol. The fraction of sp³-hybridized carbons (Fsp3) is 0.444. The van der Waals surface area contributed by atoms with Crippen molar-refractivity contribution in [3.63, 3.8) is 0 Å². The highest BCUT2D eigenvalue weighted by Gasteiger charge is 2.19. The van der Waals surface area contributed by atoms with Crippen molar-refractivity contribution in [2.75, 3.05) is 0 Å². The van der Waals surface area contributed by atoms with Crippen LogP contribution < -0.4 is 5.32 Å². The van der Waals surface area contributed by atoms with E-state index in [1.165, 1.54) is 36.1 Å². The van der Waals surface area contributed by atoms with Crippen molar-refractivity contribution in [1.29, 1.82) is 0 Å². The predicted octanol–water partition coefficient (Wildman–Crippen LogP) is 4.74. The van der Waals surface area contributed by atoms with Crippen LogP contribution in [0.1, 0.15) is 48.2 Å². The molecule has 0 radical (unpaired) electrons. The number of benzene rings is 1. The molecule has 1 aliphatic carbocycles. The van der Waals surface area contributed by atoms with Gasteiger partial charge in [-0.1, -0.05) is 36.8 Å². The summed E-state index contributed by atoms with van der Waals surface area (Å²) in [6.45, 7) is 2.31. The van der Waals surface area contributed by atoms with Gasteiger partial charge in [0.1, 0.15) is 0 Å². The lowest BCUT2D eigenvalue weighted by molar-refractivity contribution is 0.428. The smallest absolute Gasteiger partial charge is 0.0325 e. The molecule has 2 heteroatoms. The molecule has 0 amide bonds. The quantitative estimate of drug-likeness (QED) is 0.800. The van der Waals surface area contributed by atoms with Gasteiger partial charge in [0.15, 0.2) is 0 Å². The third kappa shape index (κ3) is 3.31. The molecule has 1 nitrogen and oxygen atoms in total. The Hall–Kier alpha value is -1.12. The van der Waals surface area contributed by atoms with Crippen molar-refractivity contribution >= 4 is 11.3 Å². The highest BCUT2D eigenvalue weighted by Crippen LogP contribution is 2.29. The molecule has 0 saturated carbocycles. The van der Waals surface area contributed by atoms with E-state index in [-0.39, 0.29) is 0 Å². The Morgan fingerprint density at radius 1 is 1.20 bits per heavy atom. The van der Waals surface area contributed by atoms with Crippen LogP contribution in [0.25, 0.3) is 0 Å². The van der Waals surface area contributed by atoms with E-state index in [2.05, 4.69) is 54.0 Å². The van der Waals surface area contributed by atoms with Gasteiger partial charge in [0.2, 0.25) is 0 Å². The van der Waals surface area contributed by atoms with E-state index in [4.69, 9.17) is 0 Å². The van der Waals surface area contributed by atoms with Crippen molar-refractivity contribution in [3.05, 3.63) is 57.8 Å². The molecule has 0 saturated heterocycles.